The SMILES string of the molecule is CCNC(=S)N(C)Cc1ccccc1N1CCCC1. The molecule has 104 valence electrons. The Morgan fingerprint density at radius 3 is 2.68 bits per heavy atom. The number of anilines is 1. The van der Waals surface area contributed by atoms with Gasteiger partial charge < -0.3 is 15.1 Å². The highest BCUT2D eigenvalue weighted by molar-refractivity contribution is 7.80. The third kappa shape index (κ3) is 3.60. The van der Waals surface area contributed by atoms with E-state index in [-0.39, 0.29) is 0 Å². The molecule has 0 atom stereocenters. The summed E-state index contributed by atoms with van der Waals surface area (Å²) in [6.45, 7) is 6.16. The van der Waals surface area contributed by atoms with Crippen molar-refractivity contribution in [1.29, 1.82) is 0 Å². The zero-order valence-corrected chi connectivity index (χ0v) is 12.7. The van der Waals surface area contributed by atoms with Gasteiger partial charge in [0.05, 0.1) is 0 Å². The van der Waals surface area contributed by atoms with E-state index in [1.807, 2.05) is 7.05 Å². The molecule has 0 bridgehead atoms. The molecule has 0 unspecified atom stereocenters. The highest BCUT2D eigenvalue weighted by Crippen LogP contribution is 2.25. The van der Waals surface area contributed by atoms with Crippen LogP contribution in [-0.4, -0.2) is 36.7 Å². The van der Waals surface area contributed by atoms with E-state index in [0.717, 1.165) is 18.2 Å². The molecule has 4 heteroatoms. The average Bonchev–Trinajstić information content (AvgIpc) is 2.93. The first-order chi connectivity index (χ1) is 9.22. The standard InChI is InChI=1S/C15H23N3S/c1-3-16-15(19)17(2)12-13-8-4-5-9-14(13)18-10-6-7-11-18/h4-5,8-9H,3,6-7,10-12H2,1-2H3,(H,16,19). The predicted octanol–water partition coefficient (Wildman–Crippen LogP) is 2.61. The molecular formula is C15H23N3S. The van der Waals surface area contributed by atoms with Crippen LogP contribution in [0, 0.1) is 0 Å². The van der Waals surface area contributed by atoms with Crippen molar-refractivity contribution in [3.8, 4) is 0 Å². The Balaban J connectivity index is 2.09. The van der Waals surface area contributed by atoms with Crippen LogP contribution in [0.2, 0.25) is 0 Å². The molecule has 1 saturated heterocycles. The molecule has 2 rings (SSSR count). The van der Waals surface area contributed by atoms with Gasteiger partial charge in [-0.3, -0.25) is 0 Å². The summed E-state index contributed by atoms with van der Waals surface area (Å²) in [6, 6.07) is 8.67. The highest BCUT2D eigenvalue weighted by Gasteiger charge is 2.16. The van der Waals surface area contributed by atoms with Crippen molar-refractivity contribution in [3.63, 3.8) is 0 Å². The van der Waals surface area contributed by atoms with Gasteiger partial charge in [-0.15, -0.1) is 0 Å². The second-order valence-electron chi connectivity index (χ2n) is 5.01. The monoisotopic (exact) mass is 277 g/mol. The Morgan fingerprint density at radius 1 is 1.32 bits per heavy atom. The number of hydrogen-bond donors (Lipinski definition) is 1. The predicted molar refractivity (Wildman–Crippen MR) is 85.6 cm³/mol. The Kier molecular flexibility index (Phi) is 5.02. The van der Waals surface area contributed by atoms with Gasteiger partial charge >= 0.3 is 0 Å². The first-order valence-electron chi connectivity index (χ1n) is 7.04. The third-order valence-electron chi connectivity index (χ3n) is 3.52. The minimum atomic E-state index is 0.818. The zero-order chi connectivity index (χ0) is 13.7. The summed E-state index contributed by atoms with van der Waals surface area (Å²) in [7, 11) is 2.05. The van der Waals surface area contributed by atoms with Crippen LogP contribution in [0.1, 0.15) is 25.3 Å². The molecule has 0 saturated carbocycles. The van der Waals surface area contributed by atoms with Crippen LogP contribution in [0.4, 0.5) is 5.69 Å². The fourth-order valence-corrected chi connectivity index (χ4v) is 2.73. The third-order valence-corrected chi connectivity index (χ3v) is 3.98. The molecule has 1 N–H and O–H groups in total. The second kappa shape index (κ2) is 6.75. The largest absolute Gasteiger partial charge is 0.371 e. The van der Waals surface area contributed by atoms with Gasteiger partial charge in [-0.1, -0.05) is 18.2 Å². The number of thiocarbonyl (C=S) groups is 1. The van der Waals surface area contributed by atoms with Gasteiger partial charge in [-0.25, -0.2) is 0 Å². The fourth-order valence-electron chi connectivity index (χ4n) is 2.52. The molecule has 1 aromatic carbocycles. The lowest BCUT2D eigenvalue weighted by atomic mass is 10.1. The molecule has 0 amide bonds. The van der Waals surface area contributed by atoms with E-state index in [1.165, 1.54) is 37.2 Å². The number of hydrogen-bond acceptors (Lipinski definition) is 2. The van der Waals surface area contributed by atoms with Gasteiger partial charge in [0.1, 0.15) is 0 Å². The van der Waals surface area contributed by atoms with Crippen molar-refractivity contribution in [3.05, 3.63) is 29.8 Å². The second-order valence-corrected chi connectivity index (χ2v) is 5.40. The van der Waals surface area contributed by atoms with Crippen LogP contribution in [0.3, 0.4) is 0 Å². The number of para-hydroxylation sites is 1. The Hall–Kier alpha value is -1.29. The number of benzene rings is 1. The fraction of sp³-hybridized carbons (Fsp3) is 0.533. The molecule has 1 fully saturated rings. The molecule has 0 radical (unpaired) electrons. The van der Waals surface area contributed by atoms with Gasteiger partial charge in [0.15, 0.2) is 5.11 Å². The lowest BCUT2D eigenvalue weighted by Gasteiger charge is -2.25. The smallest absolute Gasteiger partial charge is 0.168 e. The zero-order valence-electron chi connectivity index (χ0n) is 11.9. The molecular weight excluding hydrogens is 254 g/mol. The summed E-state index contributed by atoms with van der Waals surface area (Å²) in [6.07, 6.45) is 2.61. The first-order valence-corrected chi connectivity index (χ1v) is 7.45. The highest BCUT2D eigenvalue weighted by atomic mass is 32.1. The summed E-state index contributed by atoms with van der Waals surface area (Å²) < 4.78 is 0. The molecule has 0 aromatic heterocycles. The number of nitrogens with one attached hydrogen (secondary N) is 1. The molecule has 0 aliphatic carbocycles. The summed E-state index contributed by atoms with van der Waals surface area (Å²) in [5.41, 5.74) is 2.72. The summed E-state index contributed by atoms with van der Waals surface area (Å²) >= 11 is 5.35. The van der Waals surface area contributed by atoms with Crippen LogP contribution in [0.5, 0.6) is 0 Å². The van der Waals surface area contributed by atoms with E-state index in [0.29, 0.717) is 0 Å². The van der Waals surface area contributed by atoms with Crippen LogP contribution in [-0.2, 0) is 6.54 Å². The van der Waals surface area contributed by atoms with Gasteiger partial charge in [-0.2, -0.15) is 0 Å². The Morgan fingerprint density at radius 2 is 2.00 bits per heavy atom. The molecule has 3 nitrogen and oxygen atoms in total. The molecule has 1 aliphatic rings. The lowest BCUT2D eigenvalue weighted by molar-refractivity contribution is 0.491. The minimum Gasteiger partial charge on any atom is -0.371 e. The molecule has 1 aliphatic heterocycles. The van der Waals surface area contributed by atoms with Gasteiger partial charge in [-0.05, 0) is 43.6 Å². The molecule has 19 heavy (non-hydrogen) atoms. The van der Waals surface area contributed by atoms with Gasteiger partial charge in [0, 0.05) is 38.9 Å². The van der Waals surface area contributed by atoms with Crippen LogP contribution in [0.25, 0.3) is 0 Å². The van der Waals surface area contributed by atoms with Crippen molar-refractivity contribution in [2.24, 2.45) is 0 Å². The maximum absolute atomic E-state index is 5.35. The average molecular weight is 277 g/mol. The summed E-state index contributed by atoms with van der Waals surface area (Å²) in [4.78, 5) is 4.59. The normalized spacial score (nSPS) is 14.5. The molecule has 0 spiro atoms. The lowest BCUT2D eigenvalue weighted by Crippen LogP contribution is -2.36. The maximum atomic E-state index is 5.35. The summed E-state index contributed by atoms with van der Waals surface area (Å²) in [5, 5.41) is 4.02. The minimum absolute atomic E-state index is 0.818. The van der Waals surface area contributed by atoms with Crippen molar-refractivity contribution >= 4 is 23.0 Å². The van der Waals surface area contributed by atoms with E-state index in [1.54, 1.807) is 0 Å². The van der Waals surface area contributed by atoms with Crippen LogP contribution < -0.4 is 10.2 Å². The first kappa shape index (κ1) is 14.1. The molecule has 1 aromatic rings. The van der Waals surface area contributed by atoms with E-state index in [2.05, 4.69) is 46.3 Å². The van der Waals surface area contributed by atoms with Crippen molar-refractivity contribution < 1.29 is 0 Å². The van der Waals surface area contributed by atoms with E-state index in [4.69, 9.17) is 12.2 Å². The van der Waals surface area contributed by atoms with E-state index < -0.39 is 0 Å². The quantitative estimate of drug-likeness (QED) is 0.852. The van der Waals surface area contributed by atoms with Crippen LogP contribution in [0.15, 0.2) is 24.3 Å². The summed E-state index contributed by atoms with van der Waals surface area (Å²) in [5.74, 6) is 0. The Bertz CT molecular complexity index is 427. The maximum Gasteiger partial charge on any atom is 0.168 e. The van der Waals surface area contributed by atoms with E-state index >= 15 is 0 Å². The van der Waals surface area contributed by atoms with E-state index in [9.17, 15) is 0 Å². The molecule has 1 heterocycles. The van der Waals surface area contributed by atoms with Crippen molar-refractivity contribution in [2.45, 2.75) is 26.3 Å². The topological polar surface area (TPSA) is 18.5 Å². The van der Waals surface area contributed by atoms with Crippen molar-refractivity contribution in [1.82, 2.24) is 10.2 Å². The van der Waals surface area contributed by atoms with Gasteiger partial charge in [0.2, 0.25) is 0 Å². The number of rotatable bonds is 4. The Labute approximate surface area is 121 Å². The van der Waals surface area contributed by atoms with Gasteiger partial charge in [0.25, 0.3) is 0 Å². The van der Waals surface area contributed by atoms with Crippen molar-refractivity contribution in [2.75, 3.05) is 31.6 Å². The number of nitrogens with zero attached hydrogens (tertiary/aromatic N) is 2. The van der Waals surface area contributed by atoms with Crippen LogP contribution >= 0.6 is 12.2 Å².